The Morgan fingerprint density at radius 2 is 1.83 bits per heavy atom. The molecule has 0 aliphatic heterocycles. The van der Waals surface area contributed by atoms with Crippen molar-refractivity contribution in [1.29, 1.82) is 0 Å². The Balaban J connectivity index is 2.00. The number of carbonyl (C=O) groups is 1. The Morgan fingerprint density at radius 1 is 1.12 bits per heavy atom. The summed E-state index contributed by atoms with van der Waals surface area (Å²) in [6.45, 7) is 1.87. The minimum absolute atomic E-state index is 0.154. The lowest BCUT2D eigenvalue weighted by Crippen LogP contribution is -2.20. The van der Waals surface area contributed by atoms with Crippen LogP contribution in [0.1, 0.15) is 21.5 Å². The predicted octanol–water partition coefficient (Wildman–Crippen LogP) is 2.38. The van der Waals surface area contributed by atoms with E-state index in [-0.39, 0.29) is 17.2 Å². The fourth-order valence-corrected chi connectivity index (χ4v) is 3.17. The highest BCUT2D eigenvalue weighted by Gasteiger charge is 2.05. The first-order valence-electron chi connectivity index (χ1n) is 7.31. The van der Waals surface area contributed by atoms with E-state index in [1.54, 1.807) is 30.3 Å². The highest BCUT2D eigenvalue weighted by atomic mass is 32.1. The van der Waals surface area contributed by atoms with Crippen LogP contribution in [0.4, 0.5) is 4.39 Å². The van der Waals surface area contributed by atoms with Crippen molar-refractivity contribution in [3.63, 3.8) is 0 Å². The van der Waals surface area contributed by atoms with Crippen LogP contribution in [0.5, 0.6) is 0 Å². The average molecular weight is 339 g/mol. The van der Waals surface area contributed by atoms with Gasteiger partial charge in [0.25, 0.3) is 5.56 Å². The van der Waals surface area contributed by atoms with E-state index in [1.165, 1.54) is 29.5 Å². The van der Waals surface area contributed by atoms with Crippen LogP contribution in [0.3, 0.4) is 0 Å². The summed E-state index contributed by atoms with van der Waals surface area (Å²) in [5, 5.41) is 0. The maximum atomic E-state index is 12.9. The molecule has 0 bridgehead atoms. The number of rotatable bonds is 3. The van der Waals surface area contributed by atoms with Gasteiger partial charge in [0.15, 0.2) is 5.78 Å². The van der Waals surface area contributed by atoms with Gasteiger partial charge in [-0.1, -0.05) is 36.4 Å². The molecule has 3 nitrogen and oxygen atoms in total. The van der Waals surface area contributed by atoms with Crippen LogP contribution in [0.15, 0.2) is 53.3 Å². The zero-order valence-electron chi connectivity index (χ0n) is 12.9. The first-order valence-corrected chi connectivity index (χ1v) is 8.13. The van der Waals surface area contributed by atoms with Gasteiger partial charge in [0.1, 0.15) is 5.82 Å². The maximum absolute atomic E-state index is 12.9. The van der Waals surface area contributed by atoms with E-state index in [0.717, 1.165) is 11.1 Å². The largest absolute Gasteiger partial charge is 0.313 e. The zero-order valence-corrected chi connectivity index (χ0v) is 13.7. The molecule has 1 aromatic heterocycles. The molecule has 3 rings (SSSR count). The van der Waals surface area contributed by atoms with Crippen LogP contribution in [0.25, 0.3) is 12.2 Å². The third kappa shape index (κ3) is 3.58. The van der Waals surface area contributed by atoms with E-state index in [0.29, 0.717) is 14.8 Å². The molecule has 0 fully saturated rings. The smallest absolute Gasteiger partial charge is 0.266 e. The molecule has 0 spiro atoms. The summed E-state index contributed by atoms with van der Waals surface area (Å²) in [5.74, 6) is -0.482. The minimum atomic E-state index is -0.329. The van der Waals surface area contributed by atoms with Crippen LogP contribution in [0.2, 0.25) is 0 Å². The molecule has 3 aromatic rings. The summed E-state index contributed by atoms with van der Waals surface area (Å²) in [6, 6.07) is 13.2. The number of thiazole rings is 1. The maximum Gasteiger partial charge on any atom is 0.266 e. The fraction of sp³-hybridized carbons (Fsp3) is 0.0526. The lowest BCUT2D eigenvalue weighted by Gasteiger charge is -1.99. The SMILES string of the molecule is Cc1ccccc1C(=O)C=c1[nH]c(=O)c(=Cc2ccc(F)cc2)s1. The lowest BCUT2D eigenvalue weighted by atomic mass is 10.1. The van der Waals surface area contributed by atoms with Crippen LogP contribution in [0, 0.1) is 12.7 Å². The number of nitrogens with one attached hydrogen (secondary N) is 1. The number of hydrogen-bond acceptors (Lipinski definition) is 3. The summed E-state index contributed by atoms with van der Waals surface area (Å²) in [4.78, 5) is 27.0. The number of benzene rings is 2. The first kappa shape index (κ1) is 16.1. The van der Waals surface area contributed by atoms with E-state index in [2.05, 4.69) is 4.98 Å². The van der Waals surface area contributed by atoms with E-state index in [9.17, 15) is 14.0 Å². The number of carbonyl (C=O) groups excluding carboxylic acids is 1. The second-order valence-corrected chi connectivity index (χ2v) is 6.39. The Hall–Kier alpha value is -2.79. The monoisotopic (exact) mass is 339 g/mol. The Morgan fingerprint density at radius 3 is 2.54 bits per heavy atom. The van der Waals surface area contributed by atoms with Crippen LogP contribution < -0.4 is 14.8 Å². The van der Waals surface area contributed by atoms with Gasteiger partial charge < -0.3 is 4.98 Å². The van der Waals surface area contributed by atoms with Crippen molar-refractivity contribution in [2.75, 3.05) is 0 Å². The molecule has 5 heteroatoms. The highest BCUT2D eigenvalue weighted by molar-refractivity contribution is 7.07. The molecule has 120 valence electrons. The summed E-state index contributed by atoms with van der Waals surface area (Å²) in [7, 11) is 0. The van der Waals surface area contributed by atoms with Gasteiger partial charge in [-0.25, -0.2) is 4.39 Å². The first-order chi connectivity index (χ1) is 11.5. The van der Waals surface area contributed by atoms with Crippen LogP contribution in [-0.4, -0.2) is 10.8 Å². The number of H-pyrrole nitrogens is 1. The molecule has 0 aliphatic rings. The molecule has 0 saturated carbocycles. The number of aryl methyl sites for hydroxylation is 1. The molecular formula is C19H14FNO2S. The molecule has 0 amide bonds. The van der Waals surface area contributed by atoms with Gasteiger partial charge in [-0.3, -0.25) is 9.59 Å². The third-order valence-electron chi connectivity index (χ3n) is 3.52. The summed E-state index contributed by atoms with van der Waals surface area (Å²) < 4.78 is 13.9. The number of aromatic nitrogens is 1. The molecule has 1 heterocycles. The number of aromatic amines is 1. The molecule has 0 saturated heterocycles. The van der Waals surface area contributed by atoms with Crippen LogP contribution in [-0.2, 0) is 0 Å². The summed E-state index contributed by atoms with van der Waals surface area (Å²) >= 11 is 1.19. The molecule has 24 heavy (non-hydrogen) atoms. The number of halogens is 1. The Bertz CT molecular complexity index is 1060. The number of hydrogen-bond donors (Lipinski definition) is 1. The van der Waals surface area contributed by atoms with Gasteiger partial charge in [-0.05, 0) is 36.3 Å². The molecule has 0 aliphatic carbocycles. The van der Waals surface area contributed by atoms with Crippen molar-refractivity contribution in [3.05, 3.63) is 90.6 Å². The summed E-state index contributed by atoms with van der Waals surface area (Å²) in [6.07, 6.45) is 3.09. The van der Waals surface area contributed by atoms with Crippen molar-refractivity contribution < 1.29 is 9.18 Å². The second-order valence-electron chi connectivity index (χ2n) is 5.30. The Labute approximate surface area is 141 Å². The molecule has 1 N–H and O–H groups in total. The van der Waals surface area contributed by atoms with Crippen molar-refractivity contribution in [1.82, 2.24) is 4.98 Å². The van der Waals surface area contributed by atoms with Gasteiger partial charge >= 0.3 is 0 Å². The average Bonchev–Trinajstić information content (AvgIpc) is 2.89. The minimum Gasteiger partial charge on any atom is -0.313 e. The molecular weight excluding hydrogens is 325 g/mol. The number of ketones is 1. The van der Waals surface area contributed by atoms with Gasteiger partial charge in [-0.15, -0.1) is 11.3 Å². The van der Waals surface area contributed by atoms with Crippen molar-refractivity contribution in [3.8, 4) is 0 Å². The molecule has 0 atom stereocenters. The molecule has 2 aromatic carbocycles. The van der Waals surface area contributed by atoms with Gasteiger partial charge in [0.05, 0.1) is 9.20 Å². The fourth-order valence-electron chi connectivity index (χ4n) is 2.28. The predicted molar refractivity (Wildman–Crippen MR) is 94.1 cm³/mol. The van der Waals surface area contributed by atoms with Crippen molar-refractivity contribution in [2.45, 2.75) is 6.92 Å². The van der Waals surface area contributed by atoms with Crippen LogP contribution >= 0.6 is 11.3 Å². The summed E-state index contributed by atoms with van der Waals surface area (Å²) in [5.41, 5.74) is 1.94. The quantitative estimate of drug-likeness (QED) is 0.745. The third-order valence-corrected chi connectivity index (χ3v) is 4.48. The highest BCUT2D eigenvalue weighted by Crippen LogP contribution is 2.08. The van der Waals surface area contributed by atoms with Gasteiger partial charge in [-0.2, -0.15) is 0 Å². The number of Topliss-reactive ketones (excluding diaryl/α,β-unsaturated/α-hetero) is 1. The normalized spacial score (nSPS) is 12.6. The van der Waals surface area contributed by atoms with E-state index in [4.69, 9.17) is 0 Å². The van der Waals surface area contributed by atoms with Crippen molar-refractivity contribution >= 4 is 29.3 Å². The van der Waals surface area contributed by atoms with Gasteiger partial charge in [0.2, 0.25) is 0 Å². The van der Waals surface area contributed by atoms with E-state index < -0.39 is 0 Å². The Kier molecular flexibility index (Phi) is 4.53. The van der Waals surface area contributed by atoms with Crippen molar-refractivity contribution in [2.24, 2.45) is 0 Å². The standard InChI is InChI=1S/C19H14FNO2S/c1-12-4-2-3-5-15(12)16(22)11-18-21-19(23)17(24-18)10-13-6-8-14(20)9-7-13/h2-11H,1H3,(H,21,23). The zero-order chi connectivity index (χ0) is 17.1. The topological polar surface area (TPSA) is 49.9 Å². The second kappa shape index (κ2) is 6.76. The van der Waals surface area contributed by atoms with E-state index in [1.807, 2.05) is 19.1 Å². The van der Waals surface area contributed by atoms with E-state index >= 15 is 0 Å². The molecule has 0 unspecified atom stereocenters. The molecule has 0 radical (unpaired) electrons. The lowest BCUT2D eigenvalue weighted by molar-refractivity contribution is 0.106. The van der Waals surface area contributed by atoms with Gasteiger partial charge in [0, 0.05) is 11.6 Å².